The number of rotatable bonds is 5. The van der Waals surface area contributed by atoms with E-state index in [0.29, 0.717) is 35.2 Å². The number of hydrogen-bond donors (Lipinski definition) is 2. The van der Waals surface area contributed by atoms with Crippen molar-refractivity contribution in [3.05, 3.63) is 105 Å². The molecule has 0 unspecified atom stereocenters. The van der Waals surface area contributed by atoms with Crippen LogP contribution in [0.25, 0.3) is 27.6 Å². The lowest BCUT2D eigenvalue weighted by atomic mass is 10.1. The van der Waals surface area contributed by atoms with Gasteiger partial charge in [-0.25, -0.2) is 14.3 Å². The number of imidazole rings is 1. The molecular formula is C25H21N5O3. The van der Waals surface area contributed by atoms with Crippen LogP contribution in [0, 0.1) is 6.92 Å². The SMILES string of the molecule is Cc1nc2ccccc2n1CCNC(=O)c1ccc2c(=O)n(-c3ccccc3)c(=O)[nH]c2c1. The van der Waals surface area contributed by atoms with Crippen molar-refractivity contribution in [3.63, 3.8) is 0 Å². The molecule has 5 aromatic rings. The Hall–Kier alpha value is -4.46. The lowest BCUT2D eigenvalue weighted by Gasteiger charge is -2.10. The zero-order valence-corrected chi connectivity index (χ0v) is 17.9. The molecule has 0 fully saturated rings. The molecule has 0 saturated carbocycles. The molecule has 0 aliphatic rings. The number of carbonyl (C=O) groups is 1. The summed E-state index contributed by atoms with van der Waals surface area (Å²) >= 11 is 0. The highest BCUT2D eigenvalue weighted by Gasteiger charge is 2.13. The second-order valence-corrected chi connectivity index (χ2v) is 7.72. The summed E-state index contributed by atoms with van der Waals surface area (Å²) < 4.78 is 3.14. The van der Waals surface area contributed by atoms with Crippen LogP contribution in [0.1, 0.15) is 16.2 Å². The molecule has 2 aromatic heterocycles. The van der Waals surface area contributed by atoms with E-state index in [2.05, 4.69) is 19.9 Å². The number of nitrogens with zero attached hydrogens (tertiary/aromatic N) is 3. The number of carbonyl (C=O) groups excluding carboxylic acids is 1. The number of para-hydroxylation sites is 3. The third-order valence-electron chi connectivity index (χ3n) is 5.64. The van der Waals surface area contributed by atoms with Crippen LogP contribution in [0.2, 0.25) is 0 Å². The van der Waals surface area contributed by atoms with E-state index in [1.807, 2.05) is 37.3 Å². The average Bonchev–Trinajstić information content (AvgIpc) is 3.14. The number of aromatic nitrogens is 4. The molecule has 8 nitrogen and oxygen atoms in total. The Morgan fingerprint density at radius 3 is 2.58 bits per heavy atom. The van der Waals surface area contributed by atoms with Crippen LogP contribution in [-0.2, 0) is 6.54 Å². The van der Waals surface area contributed by atoms with Crippen LogP contribution in [-0.4, -0.2) is 31.6 Å². The summed E-state index contributed by atoms with van der Waals surface area (Å²) in [6.45, 7) is 2.91. The first-order valence-corrected chi connectivity index (χ1v) is 10.6. The minimum Gasteiger partial charge on any atom is -0.350 e. The first kappa shape index (κ1) is 20.4. The van der Waals surface area contributed by atoms with Crippen LogP contribution in [0.3, 0.4) is 0 Å². The number of aromatic amines is 1. The molecule has 5 rings (SSSR count). The van der Waals surface area contributed by atoms with Gasteiger partial charge in [0.15, 0.2) is 0 Å². The molecule has 0 atom stereocenters. The standard InChI is InChI=1S/C25H21N5O3/c1-16-27-20-9-5-6-10-22(20)29(16)14-13-26-23(31)17-11-12-19-21(15-17)28-25(33)30(24(19)32)18-7-3-2-4-8-18/h2-12,15H,13-14H2,1H3,(H,26,31)(H,28,33). The molecule has 33 heavy (non-hydrogen) atoms. The van der Waals surface area contributed by atoms with Crippen molar-refractivity contribution in [2.24, 2.45) is 0 Å². The Morgan fingerprint density at radius 1 is 1.00 bits per heavy atom. The molecule has 3 aromatic carbocycles. The second kappa shape index (κ2) is 8.23. The van der Waals surface area contributed by atoms with Crippen molar-refractivity contribution >= 4 is 27.8 Å². The first-order chi connectivity index (χ1) is 16.0. The van der Waals surface area contributed by atoms with Gasteiger partial charge in [-0.05, 0) is 49.4 Å². The van der Waals surface area contributed by atoms with Crippen LogP contribution >= 0.6 is 0 Å². The summed E-state index contributed by atoms with van der Waals surface area (Å²) in [7, 11) is 0. The normalized spacial score (nSPS) is 11.2. The molecular weight excluding hydrogens is 418 g/mol. The second-order valence-electron chi connectivity index (χ2n) is 7.72. The minimum atomic E-state index is -0.557. The van der Waals surface area contributed by atoms with Gasteiger partial charge in [0.25, 0.3) is 11.5 Å². The van der Waals surface area contributed by atoms with E-state index in [1.165, 1.54) is 6.07 Å². The quantitative estimate of drug-likeness (QED) is 0.440. The fourth-order valence-corrected chi connectivity index (χ4v) is 4.03. The van der Waals surface area contributed by atoms with Crippen molar-refractivity contribution in [1.29, 1.82) is 0 Å². The summed E-state index contributed by atoms with van der Waals surface area (Å²) in [6.07, 6.45) is 0. The third-order valence-corrected chi connectivity index (χ3v) is 5.64. The maximum Gasteiger partial charge on any atom is 0.333 e. The van der Waals surface area contributed by atoms with Gasteiger partial charge in [-0.15, -0.1) is 0 Å². The van der Waals surface area contributed by atoms with Crippen LogP contribution in [0.5, 0.6) is 0 Å². The monoisotopic (exact) mass is 439 g/mol. The van der Waals surface area contributed by atoms with Gasteiger partial charge in [-0.3, -0.25) is 9.59 Å². The smallest absolute Gasteiger partial charge is 0.333 e. The van der Waals surface area contributed by atoms with Gasteiger partial charge in [0.05, 0.1) is 27.6 Å². The van der Waals surface area contributed by atoms with Gasteiger partial charge in [0, 0.05) is 18.7 Å². The van der Waals surface area contributed by atoms with Crippen molar-refractivity contribution in [3.8, 4) is 5.69 Å². The molecule has 0 radical (unpaired) electrons. The fourth-order valence-electron chi connectivity index (χ4n) is 4.03. The number of fused-ring (bicyclic) bond motifs is 2. The van der Waals surface area contributed by atoms with Gasteiger partial charge < -0.3 is 14.9 Å². The Kier molecular flexibility index (Phi) is 5.10. The third kappa shape index (κ3) is 3.71. The van der Waals surface area contributed by atoms with Crippen LogP contribution < -0.4 is 16.6 Å². The van der Waals surface area contributed by atoms with E-state index in [4.69, 9.17) is 0 Å². The maximum atomic E-state index is 12.9. The largest absolute Gasteiger partial charge is 0.350 e. The number of benzene rings is 3. The highest BCUT2D eigenvalue weighted by Crippen LogP contribution is 2.15. The molecule has 2 N–H and O–H groups in total. The van der Waals surface area contributed by atoms with E-state index < -0.39 is 11.2 Å². The Morgan fingerprint density at radius 2 is 1.76 bits per heavy atom. The number of hydrogen-bond acceptors (Lipinski definition) is 4. The highest BCUT2D eigenvalue weighted by atomic mass is 16.2. The maximum absolute atomic E-state index is 12.9. The summed E-state index contributed by atoms with van der Waals surface area (Å²) in [5.41, 5.74) is 2.11. The number of nitrogens with one attached hydrogen (secondary N) is 2. The Balaban J connectivity index is 1.37. The van der Waals surface area contributed by atoms with Crippen molar-refractivity contribution in [2.45, 2.75) is 13.5 Å². The van der Waals surface area contributed by atoms with E-state index in [-0.39, 0.29) is 5.91 Å². The Bertz CT molecular complexity index is 1610. The highest BCUT2D eigenvalue weighted by molar-refractivity contribution is 5.97. The Labute approximate surface area is 188 Å². The molecule has 8 heteroatoms. The van der Waals surface area contributed by atoms with Gasteiger partial charge in [-0.2, -0.15) is 0 Å². The first-order valence-electron chi connectivity index (χ1n) is 10.6. The van der Waals surface area contributed by atoms with E-state index >= 15 is 0 Å². The number of amides is 1. The summed E-state index contributed by atoms with van der Waals surface area (Å²) in [5.74, 6) is 0.593. The van der Waals surface area contributed by atoms with Crippen LogP contribution in [0.4, 0.5) is 0 Å². The minimum absolute atomic E-state index is 0.285. The predicted molar refractivity (Wildman–Crippen MR) is 127 cm³/mol. The molecule has 0 spiro atoms. The van der Waals surface area contributed by atoms with Crippen LogP contribution in [0.15, 0.2) is 82.4 Å². The molecule has 1 amide bonds. The van der Waals surface area contributed by atoms with Gasteiger partial charge in [0.2, 0.25) is 0 Å². The van der Waals surface area contributed by atoms with Crippen molar-refractivity contribution in [1.82, 2.24) is 24.4 Å². The lowest BCUT2D eigenvalue weighted by Crippen LogP contribution is -2.33. The van der Waals surface area contributed by atoms with Gasteiger partial charge >= 0.3 is 5.69 Å². The molecule has 0 aliphatic carbocycles. The van der Waals surface area contributed by atoms with Crippen molar-refractivity contribution < 1.29 is 4.79 Å². The summed E-state index contributed by atoms with van der Waals surface area (Å²) in [6, 6.07) is 21.2. The fraction of sp³-hybridized carbons (Fsp3) is 0.120. The predicted octanol–water partition coefficient (Wildman–Crippen LogP) is 2.77. The molecule has 2 heterocycles. The molecule has 0 aliphatic heterocycles. The number of aryl methyl sites for hydroxylation is 1. The van der Waals surface area contributed by atoms with E-state index in [0.717, 1.165) is 21.4 Å². The van der Waals surface area contributed by atoms with E-state index in [9.17, 15) is 14.4 Å². The van der Waals surface area contributed by atoms with Crippen molar-refractivity contribution in [2.75, 3.05) is 6.54 Å². The van der Waals surface area contributed by atoms with E-state index in [1.54, 1.807) is 36.4 Å². The average molecular weight is 439 g/mol. The van der Waals surface area contributed by atoms with Gasteiger partial charge in [0.1, 0.15) is 5.82 Å². The lowest BCUT2D eigenvalue weighted by molar-refractivity contribution is 0.0952. The molecule has 0 saturated heterocycles. The number of H-pyrrole nitrogens is 1. The zero-order chi connectivity index (χ0) is 22.9. The zero-order valence-electron chi connectivity index (χ0n) is 17.9. The summed E-state index contributed by atoms with van der Waals surface area (Å²) in [4.78, 5) is 45.4. The summed E-state index contributed by atoms with van der Waals surface area (Å²) in [5, 5.41) is 3.23. The van der Waals surface area contributed by atoms with Gasteiger partial charge in [-0.1, -0.05) is 30.3 Å². The topological polar surface area (TPSA) is 102 Å². The molecule has 0 bridgehead atoms. The molecule has 164 valence electrons.